The van der Waals surface area contributed by atoms with Crippen LogP contribution in [0.15, 0.2) is 24.3 Å². The van der Waals surface area contributed by atoms with Crippen molar-refractivity contribution in [3.63, 3.8) is 0 Å². The van der Waals surface area contributed by atoms with Crippen molar-refractivity contribution in [1.82, 2.24) is 5.32 Å². The molecule has 1 fully saturated rings. The maximum atomic E-state index is 10.1. The van der Waals surface area contributed by atoms with Gasteiger partial charge in [0.25, 0.3) is 0 Å². The van der Waals surface area contributed by atoms with E-state index in [1.807, 2.05) is 6.92 Å². The molecule has 2 heteroatoms. The Balaban J connectivity index is 1.75. The van der Waals surface area contributed by atoms with E-state index in [0.717, 1.165) is 25.3 Å². The van der Waals surface area contributed by atoms with Crippen molar-refractivity contribution in [2.24, 2.45) is 0 Å². The van der Waals surface area contributed by atoms with Crippen molar-refractivity contribution >= 4 is 0 Å². The minimum atomic E-state index is -0.581. The van der Waals surface area contributed by atoms with Gasteiger partial charge in [0.1, 0.15) is 0 Å². The zero-order valence-corrected chi connectivity index (χ0v) is 11.6. The van der Waals surface area contributed by atoms with E-state index in [-0.39, 0.29) is 0 Å². The molecule has 1 aromatic carbocycles. The molecular formula is C16H25NO. The summed E-state index contributed by atoms with van der Waals surface area (Å²) in [4.78, 5) is 0. The number of benzene rings is 1. The largest absolute Gasteiger partial charge is 0.389 e. The second-order valence-corrected chi connectivity index (χ2v) is 5.87. The monoisotopic (exact) mass is 247 g/mol. The molecule has 0 heterocycles. The van der Waals surface area contributed by atoms with Crippen LogP contribution in [0.1, 0.15) is 56.6 Å². The van der Waals surface area contributed by atoms with E-state index >= 15 is 0 Å². The minimum absolute atomic E-state index is 0.581. The lowest BCUT2D eigenvalue weighted by atomic mass is 10.0. The van der Waals surface area contributed by atoms with Gasteiger partial charge < -0.3 is 10.4 Å². The first-order valence-corrected chi connectivity index (χ1v) is 7.13. The normalized spacial score (nSPS) is 18.6. The predicted octanol–water partition coefficient (Wildman–Crippen LogP) is 3.20. The minimum Gasteiger partial charge on any atom is -0.389 e. The van der Waals surface area contributed by atoms with Gasteiger partial charge in [0.05, 0.1) is 5.60 Å². The summed E-state index contributed by atoms with van der Waals surface area (Å²) in [7, 11) is 0. The molecule has 0 aliphatic heterocycles. The van der Waals surface area contributed by atoms with Crippen molar-refractivity contribution in [2.45, 2.75) is 57.6 Å². The fourth-order valence-corrected chi connectivity index (χ4v) is 2.43. The number of aliphatic hydroxyl groups is 1. The topological polar surface area (TPSA) is 32.3 Å². The SMILES string of the molecule is CCCC(C)(O)CNCc1ccc(C2CC2)cc1. The van der Waals surface area contributed by atoms with Crippen LogP contribution in [0.25, 0.3) is 0 Å². The number of hydrogen-bond acceptors (Lipinski definition) is 2. The van der Waals surface area contributed by atoms with Crippen molar-refractivity contribution in [3.05, 3.63) is 35.4 Å². The first-order valence-electron chi connectivity index (χ1n) is 7.13. The van der Waals surface area contributed by atoms with Gasteiger partial charge in [-0.1, -0.05) is 37.6 Å². The summed E-state index contributed by atoms with van der Waals surface area (Å²) >= 11 is 0. The van der Waals surface area contributed by atoms with Gasteiger partial charge >= 0.3 is 0 Å². The molecule has 2 nitrogen and oxygen atoms in total. The summed E-state index contributed by atoms with van der Waals surface area (Å²) in [6.07, 6.45) is 4.58. The Bertz CT molecular complexity index is 365. The number of hydrogen-bond donors (Lipinski definition) is 2. The highest BCUT2D eigenvalue weighted by molar-refractivity contribution is 5.27. The van der Waals surface area contributed by atoms with Crippen LogP contribution in [0.3, 0.4) is 0 Å². The van der Waals surface area contributed by atoms with E-state index in [1.54, 1.807) is 0 Å². The average molecular weight is 247 g/mol. The summed E-state index contributed by atoms with van der Waals surface area (Å²) < 4.78 is 0. The van der Waals surface area contributed by atoms with Gasteiger partial charge in [-0.3, -0.25) is 0 Å². The van der Waals surface area contributed by atoms with E-state index < -0.39 is 5.60 Å². The second kappa shape index (κ2) is 5.85. The highest BCUT2D eigenvalue weighted by Crippen LogP contribution is 2.39. The molecule has 100 valence electrons. The molecule has 0 radical (unpaired) electrons. The van der Waals surface area contributed by atoms with Gasteiger partial charge in [0.15, 0.2) is 0 Å². The Kier molecular flexibility index (Phi) is 4.41. The van der Waals surface area contributed by atoms with Crippen LogP contribution in [0.4, 0.5) is 0 Å². The Morgan fingerprint density at radius 1 is 1.28 bits per heavy atom. The molecule has 2 N–H and O–H groups in total. The maximum absolute atomic E-state index is 10.1. The van der Waals surface area contributed by atoms with Crippen molar-refractivity contribution in [1.29, 1.82) is 0 Å². The molecule has 1 saturated carbocycles. The third-order valence-corrected chi connectivity index (χ3v) is 3.65. The van der Waals surface area contributed by atoms with Gasteiger partial charge in [-0.15, -0.1) is 0 Å². The zero-order chi connectivity index (χ0) is 13.0. The fraction of sp³-hybridized carbons (Fsp3) is 0.625. The van der Waals surface area contributed by atoms with Crippen LogP contribution in [-0.2, 0) is 6.54 Å². The standard InChI is InChI=1S/C16H25NO/c1-3-10-16(2,18)12-17-11-13-4-6-14(7-5-13)15-8-9-15/h4-7,15,17-18H,3,8-12H2,1-2H3. The van der Waals surface area contributed by atoms with Gasteiger partial charge in [0.2, 0.25) is 0 Å². The highest BCUT2D eigenvalue weighted by Gasteiger charge is 2.23. The molecule has 1 unspecified atom stereocenters. The van der Waals surface area contributed by atoms with Crippen LogP contribution in [0.2, 0.25) is 0 Å². The van der Waals surface area contributed by atoms with Crippen LogP contribution < -0.4 is 5.32 Å². The van der Waals surface area contributed by atoms with Crippen molar-refractivity contribution in [3.8, 4) is 0 Å². The average Bonchev–Trinajstić information content (AvgIpc) is 3.13. The summed E-state index contributed by atoms with van der Waals surface area (Å²) in [6, 6.07) is 8.90. The lowest BCUT2D eigenvalue weighted by Crippen LogP contribution is -2.37. The third-order valence-electron chi connectivity index (χ3n) is 3.65. The molecule has 1 aromatic rings. The first-order chi connectivity index (χ1) is 8.61. The molecule has 1 aliphatic carbocycles. The Morgan fingerprint density at radius 3 is 2.50 bits per heavy atom. The lowest BCUT2D eigenvalue weighted by Gasteiger charge is -2.23. The Hall–Kier alpha value is -0.860. The van der Waals surface area contributed by atoms with Gasteiger partial charge in [-0.05, 0) is 43.2 Å². The summed E-state index contributed by atoms with van der Waals surface area (Å²) in [5.41, 5.74) is 2.20. The molecule has 2 rings (SSSR count). The van der Waals surface area contributed by atoms with E-state index in [2.05, 4.69) is 36.5 Å². The fourth-order valence-electron chi connectivity index (χ4n) is 2.43. The third kappa shape index (κ3) is 4.11. The van der Waals surface area contributed by atoms with Crippen molar-refractivity contribution in [2.75, 3.05) is 6.54 Å². The molecule has 0 spiro atoms. The molecule has 0 bridgehead atoms. The number of nitrogens with one attached hydrogen (secondary N) is 1. The van der Waals surface area contributed by atoms with Crippen LogP contribution in [0, 0.1) is 0 Å². The summed E-state index contributed by atoms with van der Waals surface area (Å²) in [6.45, 7) is 5.50. The molecule has 1 aliphatic rings. The lowest BCUT2D eigenvalue weighted by molar-refractivity contribution is 0.0498. The van der Waals surface area contributed by atoms with Gasteiger partial charge in [-0.2, -0.15) is 0 Å². The predicted molar refractivity (Wildman–Crippen MR) is 75.7 cm³/mol. The molecule has 0 amide bonds. The molecule has 0 saturated heterocycles. The van der Waals surface area contributed by atoms with E-state index in [9.17, 15) is 5.11 Å². The van der Waals surface area contributed by atoms with E-state index in [0.29, 0.717) is 6.54 Å². The summed E-state index contributed by atoms with van der Waals surface area (Å²) in [5, 5.41) is 13.4. The van der Waals surface area contributed by atoms with Crippen LogP contribution >= 0.6 is 0 Å². The Morgan fingerprint density at radius 2 is 1.94 bits per heavy atom. The van der Waals surface area contributed by atoms with Gasteiger partial charge in [-0.25, -0.2) is 0 Å². The van der Waals surface area contributed by atoms with Crippen LogP contribution in [0.5, 0.6) is 0 Å². The summed E-state index contributed by atoms with van der Waals surface area (Å²) in [5.74, 6) is 0.831. The molecule has 18 heavy (non-hydrogen) atoms. The molecule has 0 aromatic heterocycles. The molecular weight excluding hydrogens is 222 g/mol. The Labute approximate surface area is 110 Å². The first kappa shape index (κ1) is 13.6. The smallest absolute Gasteiger partial charge is 0.0743 e. The van der Waals surface area contributed by atoms with Gasteiger partial charge in [0, 0.05) is 13.1 Å². The molecule has 1 atom stereocenters. The number of rotatable bonds is 7. The quantitative estimate of drug-likeness (QED) is 0.775. The maximum Gasteiger partial charge on any atom is 0.0743 e. The second-order valence-electron chi connectivity index (χ2n) is 5.87. The highest BCUT2D eigenvalue weighted by atomic mass is 16.3. The van der Waals surface area contributed by atoms with Crippen LogP contribution in [-0.4, -0.2) is 17.3 Å². The zero-order valence-electron chi connectivity index (χ0n) is 11.6. The van der Waals surface area contributed by atoms with E-state index in [1.165, 1.54) is 24.0 Å². The van der Waals surface area contributed by atoms with E-state index in [4.69, 9.17) is 0 Å². The van der Waals surface area contributed by atoms with Crippen molar-refractivity contribution < 1.29 is 5.11 Å².